The predicted octanol–water partition coefficient (Wildman–Crippen LogP) is 4.62. The number of alkyl halides is 3. The van der Waals surface area contributed by atoms with E-state index in [2.05, 4.69) is 15.3 Å². The number of rotatable bonds is 3. The molecule has 0 aliphatic rings. The van der Waals surface area contributed by atoms with Crippen LogP contribution in [-0.2, 0) is 11.0 Å². The molecule has 1 aromatic carbocycles. The number of benzene rings is 1. The van der Waals surface area contributed by atoms with Crippen LogP contribution in [0.15, 0.2) is 60.9 Å². The molecule has 6 nitrogen and oxygen atoms in total. The van der Waals surface area contributed by atoms with Gasteiger partial charge in [-0.05, 0) is 18.2 Å². The lowest BCUT2D eigenvalue weighted by molar-refractivity contribution is -0.137. The minimum absolute atomic E-state index is 0.257. The fourth-order valence-corrected chi connectivity index (χ4v) is 3.20. The van der Waals surface area contributed by atoms with Crippen LogP contribution in [0.1, 0.15) is 12.5 Å². The van der Waals surface area contributed by atoms with Gasteiger partial charge in [-0.25, -0.2) is 9.97 Å². The molecule has 9 heteroatoms. The normalized spacial score (nSPS) is 11.6. The van der Waals surface area contributed by atoms with Crippen LogP contribution in [0.4, 0.5) is 24.8 Å². The van der Waals surface area contributed by atoms with Crippen LogP contribution in [0.5, 0.6) is 0 Å². The highest BCUT2D eigenvalue weighted by Crippen LogP contribution is 2.36. The summed E-state index contributed by atoms with van der Waals surface area (Å²) in [6.45, 7) is 1.38. The molecule has 0 saturated carbocycles. The van der Waals surface area contributed by atoms with E-state index in [9.17, 15) is 18.0 Å². The van der Waals surface area contributed by atoms with Crippen molar-refractivity contribution in [2.45, 2.75) is 13.1 Å². The van der Waals surface area contributed by atoms with Gasteiger partial charge in [0.1, 0.15) is 11.5 Å². The number of nitrogen functional groups attached to an aromatic ring is 1. The Morgan fingerprint density at radius 1 is 1.07 bits per heavy atom. The number of nitrogens with one attached hydrogen (secondary N) is 1. The topological polar surface area (TPSA) is 85.3 Å². The summed E-state index contributed by atoms with van der Waals surface area (Å²) in [5.74, 6) is -0.501. The number of pyridine rings is 2. The van der Waals surface area contributed by atoms with E-state index in [1.165, 1.54) is 13.1 Å². The molecule has 0 bridgehead atoms. The summed E-state index contributed by atoms with van der Waals surface area (Å²) in [6.07, 6.45) is -1.66. The van der Waals surface area contributed by atoms with E-state index >= 15 is 0 Å². The van der Waals surface area contributed by atoms with Crippen molar-refractivity contribution < 1.29 is 18.0 Å². The predicted molar refractivity (Wildman–Crippen MR) is 108 cm³/mol. The number of hydrogen-bond acceptors (Lipinski definition) is 4. The zero-order chi connectivity index (χ0) is 21.5. The number of fused-ring (bicyclic) bond motifs is 1. The minimum atomic E-state index is -4.61. The van der Waals surface area contributed by atoms with E-state index in [1.54, 1.807) is 22.7 Å². The van der Waals surface area contributed by atoms with Gasteiger partial charge in [-0.1, -0.05) is 30.3 Å². The van der Waals surface area contributed by atoms with Crippen LogP contribution in [-0.4, -0.2) is 20.3 Å². The van der Waals surface area contributed by atoms with Crippen molar-refractivity contribution in [3.05, 3.63) is 66.5 Å². The fourth-order valence-electron chi connectivity index (χ4n) is 3.20. The average Bonchev–Trinajstić information content (AvgIpc) is 3.04. The Labute approximate surface area is 169 Å². The summed E-state index contributed by atoms with van der Waals surface area (Å²) >= 11 is 0. The van der Waals surface area contributed by atoms with E-state index in [0.717, 1.165) is 11.6 Å². The lowest BCUT2D eigenvalue weighted by Crippen LogP contribution is -2.10. The number of imidazole rings is 1. The standard InChI is InChI=1S/C21H16F3N5O/c1-12(30)27-20-18(13-5-3-2-4-6-13)29-11-14(7-8-17(29)28-20)15-9-16(21(22,23)24)19(25)26-10-15/h2-11H,1H3,(H2,25,26)(H,27,30). The Balaban J connectivity index is 1.92. The summed E-state index contributed by atoms with van der Waals surface area (Å²) in [7, 11) is 0. The van der Waals surface area contributed by atoms with Gasteiger partial charge in [0.25, 0.3) is 0 Å². The first-order chi connectivity index (χ1) is 14.2. The SMILES string of the molecule is CC(=O)Nc1nc2ccc(-c3cnc(N)c(C(F)(F)F)c3)cn2c1-c1ccccc1. The van der Waals surface area contributed by atoms with Gasteiger partial charge in [0.2, 0.25) is 5.91 Å². The Hall–Kier alpha value is -3.88. The number of hydrogen-bond donors (Lipinski definition) is 2. The Morgan fingerprint density at radius 2 is 1.80 bits per heavy atom. The number of aromatic nitrogens is 3. The van der Waals surface area contributed by atoms with Crippen molar-refractivity contribution in [1.29, 1.82) is 0 Å². The molecule has 1 amide bonds. The highest BCUT2D eigenvalue weighted by Gasteiger charge is 2.34. The molecule has 4 aromatic rings. The summed E-state index contributed by atoms with van der Waals surface area (Å²) in [5.41, 5.74) is 7.09. The van der Waals surface area contributed by atoms with Crippen molar-refractivity contribution in [2.75, 3.05) is 11.1 Å². The van der Waals surface area contributed by atoms with Crippen molar-refractivity contribution >= 4 is 23.2 Å². The van der Waals surface area contributed by atoms with E-state index < -0.39 is 17.6 Å². The third-order valence-electron chi connectivity index (χ3n) is 4.52. The second-order valence-corrected chi connectivity index (χ2v) is 6.66. The molecule has 0 radical (unpaired) electrons. The number of anilines is 2. The molecule has 0 aliphatic heterocycles. The Morgan fingerprint density at radius 3 is 2.47 bits per heavy atom. The lowest BCUT2D eigenvalue weighted by atomic mass is 10.1. The molecule has 0 saturated heterocycles. The van der Waals surface area contributed by atoms with Gasteiger partial charge in [0.05, 0.1) is 11.3 Å². The van der Waals surface area contributed by atoms with Crippen molar-refractivity contribution in [1.82, 2.24) is 14.4 Å². The van der Waals surface area contributed by atoms with Gasteiger partial charge < -0.3 is 11.1 Å². The minimum Gasteiger partial charge on any atom is -0.383 e. The average molecular weight is 411 g/mol. The van der Waals surface area contributed by atoms with Crippen LogP contribution in [0.25, 0.3) is 28.0 Å². The second-order valence-electron chi connectivity index (χ2n) is 6.66. The highest BCUT2D eigenvalue weighted by atomic mass is 19.4. The maximum Gasteiger partial charge on any atom is 0.419 e. The zero-order valence-corrected chi connectivity index (χ0v) is 15.7. The molecule has 0 atom stereocenters. The molecular weight excluding hydrogens is 395 g/mol. The van der Waals surface area contributed by atoms with Crippen molar-refractivity contribution in [3.63, 3.8) is 0 Å². The molecular formula is C21H16F3N5O. The largest absolute Gasteiger partial charge is 0.419 e. The smallest absolute Gasteiger partial charge is 0.383 e. The van der Waals surface area contributed by atoms with Crippen LogP contribution >= 0.6 is 0 Å². The fraction of sp³-hybridized carbons (Fsp3) is 0.0952. The summed E-state index contributed by atoms with van der Waals surface area (Å²) in [4.78, 5) is 19.8. The summed E-state index contributed by atoms with van der Waals surface area (Å²) < 4.78 is 41.4. The van der Waals surface area contributed by atoms with Gasteiger partial charge in [0.15, 0.2) is 5.82 Å². The van der Waals surface area contributed by atoms with Gasteiger partial charge >= 0.3 is 6.18 Å². The Kier molecular flexibility index (Phi) is 4.65. The quantitative estimate of drug-likeness (QED) is 0.515. The van der Waals surface area contributed by atoms with Crippen LogP contribution in [0.3, 0.4) is 0 Å². The van der Waals surface area contributed by atoms with E-state index in [1.807, 2.05) is 30.3 Å². The number of carbonyl (C=O) groups excluding carboxylic acids is 1. The second kappa shape index (κ2) is 7.18. The van der Waals surface area contributed by atoms with Gasteiger partial charge in [-0.15, -0.1) is 0 Å². The molecule has 0 aliphatic carbocycles. The molecule has 30 heavy (non-hydrogen) atoms. The molecule has 3 N–H and O–H groups in total. The van der Waals surface area contributed by atoms with Crippen LogP contribution in [0, 0.1) is 0 Å². The number of nitrogens with zero attached hydrogens (tertiary/aromatic N) is 3. The first-order valence-corrected chi connectivity index (χ1v) is 8.92. The van der Waals surface area contributed by atoms with E-state index in [0.29, 0.717) is 22.7 Å². The number of nitrogens with two attached hydrogens (primary N) is 1. The van der Waals surface area contributed by atoms with Gasteiger partial charge in [-0.2, -0.15) is 13.2 Å². The maximum absolute atomic E-state index is 13.2. The van der Waals surface area contributed by atoms with Crippen LogP contribution in [0.2, 0.25) is 0 Å². The van der Waals surface area contributed by atoms with Crippen molar-refractivity contribution in [2.24, 2.45) is 0 Å². The molecule has 0 fully saturated rings. The number of carbonyl (C=O) groups is 1. The van der Waals surface area contributed by atoms with E-state index in [-0.39, 0.29) is 11.5 Å². The van der Waals surface area contributed by atoms with Crippen LogP contribution < -0.4 is 11.1 Å². The number of halogens is 3. The lowest BCUT2D eigenvalue weighted by Gasteiger charge is -2.12. The van der Waals surface area contributed by atoms with Gasteiger partial charge in [0, 0.05) is 36.0 Å². The third-order valence-corrected chi connectivity index (χ3v) is 4.52. The molecule has 0 unspecified atom stereocenters. The highest BCUT2D eigenvalue weighted by molar-refractivity contribution is 5.93. The number of amides is 1. The zero-order valence-electron chi connectivity index (χ0n) is 15.7. The first-order valence-electron chi connectivity index (χ1n) is 8.92. The molecule has 0 spiro atoms. The summed E-state index contributed by atoms with van der Waals surface area (Å²) in [6, 6.07) is 13.5. The first kappa shape index (κ1) is 19.4. The van der Waals surface area contributed by atoms with Crippen molar-refractivity contribution in [3.8, 4) is 22.4 Å². The summed E-state index contributed by atoms with van der Waals surface area (Å²) in [5, 5.41) is 2.71. The molecule has 3 aromatic heterocycles. The monoisotopic (exact) mass is 411 g/mol. The molecule has 152 valence electrons. The van der Waals surface area contributed by atoms with Gasteiger partial charge in [-0.3, -0.25) is 9.20 Å². The third kappa shape index (κ3) is 3.57. The van der Waals surface area contributed by atoms with E-state index in [4.69, 9.17) is 5.73 Å². The Bertz CT molecular complexity index is 1250. The molecule has 3 heterocycles. The maximum atomic E-state index is 13.2. The molecule has 4 rings (SSSR count).